The number of benzene rings is 1. The first kappa shape index (κ1) is 22.3. The van der Waals surface area contributed by atoms with Crippen LogP contribution in [-0.2, 0) is 6.42 Å². The van der Waals surface area contributed by atoms with Crippen molar-refractivity contribution in [3.8, 4) is 0 Å². The van der Waals surface area contributed by atoms with E-state index in [4.69, 9.17) is 4.99 Å². The molecule has 170 valence electrons. The molecule has 0 bridgehead atoms. The highest BCUT2D eigenvalue weighted by Gasteiger charge is 2.24. The molecule has 2 N–H and O–H groups in total. The summed E-state index contributed by atoms with van der Waals surface area (Å²) in [5, 5.41) is 15.6. The van der Waals surface area contributed by atoms with Crippen molar-refractivity contribution < 1.29 is 0 Å². The van der Waals surface area contributed by atoms with Gasteiger partial charge in [-0.3, -0.25) is 14.3 Å². The minimum atomic E-state index is 0.465. The van der Waals surface area contributed by atoms with Crippen LogP contribution in [0.5, 0.6) is 0 Å². The summed E-state index contributed by atoms with van der Waals surface area (Å²) in [6.07, 6.45) is 6.09. The highest BCUT2D eigenvalue weighted by molar-refractivity contribution is 5.80. The molecule has 1 aliphatic heterocycles. The van der Waals surface area contributed by atoms with Crippen molar-refractivity contribution in [1.29, 1.82) is 0 Å². The number of aryl methyl sites for hydroxylation is 1. The van der Waals surface area contributed by atoms with Gasteiger partial charge in [-0.1, -0.05) is 36.4 Å². The van der Waals surface area contributed by atoms with Gasteiger partial charge in [0.2, 0.25) is 0 Å². The Labute approximate surface area is 191 Å². The van der Waals surface area contributed by atoms with Gasteiger partial charge >= 0.3 is 0 Å². The molecule has 3 heterocycles. The van der Waals surface area contributed by atoms with E-state index in [0.717, 1.165) is 69.3 Å². The Morgan fingerprint density at radius 1 is 1.09 bits per heavy atom. The Hall–Kier alpha value is -2.93. The number of rotatable bonds is 8. The van der Waals surface area contributed by atoms with Gasteiger partial charge < -0.3 is 10.6 Å². The molecule has 7 nitrogen and oxygen atoms in total. The first-order valence-corrected chi connectivity index (χ1v) is 11.9. The first-order valence-electron chi connectivity index (χ1n) is 11.9. The largest absolute Gasteiger partial charge is 0.357 e. The summed E-state index contributed by atoms with van der Waals surface area (Å²) in [7, 11) is 0. The van der Waals surface area contributed by atoms with E-state index in [1.54, 1.807) is 0 Å². The summed E-state index contributed by atoms with van der Waals surface area (Å²) in [4.78, 5) is 7.40. The number of piperidine rings is 1. The van der Waals surface area contributed by atoms with Crippen LogP contribution in [0, 0.1) is 0 Å². The molecular formula is C25H35N7. The minimum Gasteiger partial charge on any atom is -0.357 e. The quantitative estimate of drug-likeness (QED) is 0.324. The van der Waals surface area contributed by atoms with E-state index in [9.17, 15) is 0 Å². The third-order valence-corrected chi connectivity index (χ3v) is 6.26. The number of pyridine rings is 1. The molecule has 1 aliphatic rings. The van der Waals surface area contributed by atoms with E-state index in [2.05, 4.69) is 74.3 Å². The zero-order valence-electron chi connectivity index (χ0n) is 19.2. The van der Waals surface area contributed by atoms with E-state index in [-0.39, 0.29) is 0 Å². The van der Waals surface area contributed by atoms with Crippen molar-refractivity contribution in [3.63, 3.8) is 0 Å². The van der Waals surface area contributed by atoms with Crippen molar-refractivity contribution in [1.82, 2.24) is 30.1 Å². The maximum atomic E-state index is 4.81. The number of guanidine groups is 1. The molecule has 1 atom stereocenters. The molecule has 7 heteroatoms. The molecular weight excluding hydrogens is 398 g/mol. The molecule has 0 spiro atoms. The monoisotopic (exact) mass is 433 g/mol. The van der Waals surface area contributed by atoms with Gasteiger partial charge in [0.05, 0.1) is 0 Å². The molecule has 1 unspecified atom stereocenters. The Balaban J connectivity index is 1.25. The van der Waals surface area contributed by atoms with E-state index in [1.807, 2.05) is 24.4 Å². The SMILES string of the molecule is CCNC(=NCCCc1nnc2ccccn12)NC1CCN(C(C)c2ccccc2)CC1. The summed E-state index contributed by atoms with van der Waals surface area (Å²) >= 11 is 0. The maximum absolute atomic E-state index is 4.81. The fourth-order valence-corrected chi connectivity index (χ4v) is 4.38. The minimum absolute atomic E-state index is 0.465. The van der Waals surface area contributed by atoms with Gasteiger partial charge in [0.15, 0.2) is 11.6 Å². The predicted molar refractivity (Wildman–Crippen MR) is 130 cm³/mol. The van der Waals surface area contributed by atoms with Gasteiger partial charge in [0, 0.05) is 50.9 Å². The number of likely N-dealkylation sites (tertiary alicyclic amines) is 1. The molecule has 0 aliphatic carbocycles. The summed E-state index contributed by atoms with van der Waals surface area (Å²) in [5.41, 5.74) is 2.29. The van der Waals surface area contributed by atoms with Crippen LogP contribution in [0.1, 0.15) is 50.5 Å². The summed E-state index contributed by atoms with van der Waals surface area (Å²) in [6, 6.07) is 17.7. The second kappa shape index (κ2) is 11.1. The Bertz CT molecular complexity index is 990. The highest BCUT2D eigenvalue weighted by Crippen LogP contribution is 2.24. The van der Waals surface area contributed by atoms with Crippen molar-refractivity contribution in [2.24, 2.45) is 4.99 Å². The van der Waals surface area contributed by atoms with Crippen LogP contribution < -0.4 is 10.6 Å². The molecule has 1 aromatic carbocycles. The molecule has 0 amide bonds. The van der Waals surface area contributed by atoms with Gasteiger partial charge in [0.25, 0.3) is 0 Å². The molecule has 2 aromatic heterocycles. The second-order valence-corrected chi connectivity index (χ2v) is 8.45. The van der Waals surface area contributed by atoms with E-state index >= 15 is 0 Å². The van der Waals surface area contributed by atoms with E-state index in [0.29, 0.717) is 12.1 Å². The van der Waals surface area contributed by atoms with Gasteiger partial charge in [-0.05, 0) is 50.8 Å². The lowest BCUT2D eigenvalue weighted by Gasteiger charge is -2.37. The Morgan fingerprint density at radius 3 is 2.66 bits per heavy atom. The molecule has 1 fully saturated rings. The number of aromatic nitrogens is 3. The molecule has 3 aromatic rings. The summed E-state index contributed by atoms with van der Waals surface area (Å²) < 4.78 is 2.05. The lowest BCUT2D eigenvalue weighted by atomic mass is 10.0. The lowest BCUT2D eigenvalue weighted by molar-refractivity contribution is 0.158. The van der Waals surface area contributed by atoms with Crippen LogP contribution in [0.25, 0.3) is 5.65 Å². The number of aliphatic imine (C=N–C) groups is 1. The zero-order valence-corrected chi connectivity index (χ0v) is 19.2. The molecule has 0 saturated carbocycles. The van der Waals surface area contributed by atoms with Gasteiger partial charge in [0.1, 0.15) is 5.82 Å². The Kier molecular flexibility index (Phi) is 7.72. The van der Waals surface area contributed by atoms with Crippen molar-refractivity contribution in [3.05, 3.63) is 66.1 Å². The summed E-state index contributed by atoms with van der Waals surface area (Å²) in [5.74, 6) is 1.92. The van der Waals surface area contributed by atoms with Crippen LogP contribution in [0.3, 0.4) is 0 Å². The smallest absolute Gasteiger partial charge is 0.191 e. The molecule has 32 heavy (non-hydrogen) atoms. The first-order chi connectivity index (χ1) is 15.7. The zero-order chi connectivity index (χ0) is 22.2. The number of nitrogens with zero attached hydrogens (tertiary/aromatic N) is 5. The van der Waals surface area contributed by atoms with Crippen molar-refractivity contribution >= 4 is 11.6 Å². The van der Waals surface area contributed by atoms with Crippen LogP contribution in [0.15, 0.2) is 59.7 Å². The highest BCUT2D eigenvalue weighted by atomic mass is 15.2. The normalized spacial score (nSPS) is 16.9. The van der Waals surface area contributed by atoms with Crippen molar-refractivity contribution in [2.75, 3.05) is 26.2 Å². The average Bonchev–Trinajstić information content (AvgIpc) is 3.25. The van der Waals surface area contributed by atoms with Gasteiger partial charge in [-0.15, -0.1) is 10.2 Å². The number of fused-ring (bicyclic) bond motifs is 1. The predicted octanol–water partition coefficient (Wildman–Crippen LogP) is 3.44. The van der Waals surface area contributed by atoms with Crippen LogP contribution >= 0.6 is 0 Å². The standard InChI is InChI=1S/C25H35N7/c1-3-26-25(27-16-9-13-24-30-29-23-12-7-8-17-32(23)24)28-22-14-18-31(19-15-22)20(2)21-10-5-4-6-11-21/h4-8,10-12,17,20,22H,3,9,13-16,18-19H2,1-2H3,(H2,26,27,28). The van der Waals surface area contributed by atoms with Crippen LogP contribution in [0.2, 0.25) is 0 Å². The maximum Gasteiger partial charge on any atom is 0.191 e. The lowest BCUT2D eigenvalue weighted by Crippen LogP contribution is -2.49. The molecule has 0 radical (unpaired) electrons. The third-order valence-electron chi connectivity index (χ3n) is 6.26. The Morgan fingerprint density at radius 2 is 1.88 bits per heavy atom. The van der Waals surface area contributed by atoms with Crippen LogP contribution in [-0.4, -0.2) is 57.7 Å². The number of hydrogen-bond acceptors (Lipinski definition) is 4. The fourth-order valence-electron chi connectivity index (χ4n) is 4.38. The summed E-state index contributed by atoms with van der Waals surface area (Å²) in [6.45, 7) is 8.27. The number of hydrogen-bond donors (Lipinski definition) is 2. The second-order valence-electron chi connectivity index (χ2n) is 8.45. The van der Waals surface area contributed by atoms with Gasteiger partial charge in [-0.25, -0.2) is 0 Å². The van der Waals surface area contributed by atoms with Crippen molar-refractivity contribution in [2.45, 2.75) is 51.6 Å². The molecule has 1 saturated heterocycles. The van der Waals surface area contributed by atoms with Gasteiger partial charge in [-0.2, -0.15) is 0 Å². The topological polar surface area (TPSA) is 69.8 Å². The van der Waals surface area contributed by atoms with E-state index < -0.39 is 0 Å². The van der Waals surface area contributed by atoms with E-state index in [1.165, 1.54) is 5.56 Å². The molecule has 4 rings (SSSR count). The number of nitrogens with one attached hydrogen (secondary N) is 2. The third kappa shape index (κ3) is 5.65. The fraction of sp³-hybridized carbons (Fsp3) is 0.480. The van der Waals surface area contributed by atoms with Crippen LogP contribution in [0.4, 0.5) is 0 Å². The average molecular weight is 434 g/mol.